The molecule has 8 nitrogen and oxygen atoms in total. The van der Waals surface area contributed by atoms with Crippen LogP contribution < -0.4 is 5.32 Å². The zero-order valence-electron chi connectivity index (χ0n) is 16.6. The minimum Gasteiger partial charge on any atom is -0.444 e. The number of nitrogens with zero attached hydrogens (tertiary/aromatic N) is 5. The standard InChI is InChI=1S/C20H23ClN6O2/c1-20(2,3)29-19(28)26-8-7-13(11-26)24-17-6-4-5-14(25-17)15-9-23-18-10-22-16(21)12-27(15)18/h4-6,9-10,12-13H,7-8,11H2,1-3H3,(H,24,25). The lowest BCUT2D eigenvalue weighted by Crippen LogP contribution is -2.36. The topological polar surface area (TPSA) is 84.6 Å². The van der Waals surface area contributed by atoms with E-state index >= 15 is 0 Å². The minimum atomic E-state index is -0.495. The van der Waals surface area contributed by atoms with Crippen LogP contribution in [0, 0.1) is 0 Å². The molecule has 1 aliphatic heterocycles. The third-order valence-corrected chi connectivity index (χ3v) is 4.76. The molecule has 1 N–H and O–H groups in total. The molecule has 0 saturated carbocycles. The maximum Gasteiger partial charge on any atom is 0.410 e. The molecule has 3 aromatic heterocycles. The smallest absolute Gasteiger partial charge is 0.410 e. The summed E-state index contributed by atoms with van der Waals surface area (Å²) >= 11 is 6.02. The molecular weight excluding hydrogens is 392 g/mol. The van der Waals surface area contributed by atoms with Crippen LogP contribution in [0.25, 0.3) is 17.0 Å². The van der Waals surface area contributed by atoms with Crippen molar-refractivity contribution in [1.82, 2.24) is 24.3 Å². The summed E-state index contributed by atoms with van der Waals surface area (Å²) in [5.41, 5.74) is 1.81. The highest BCUT2D eigenvalue weighted by Gasteiger charge is 2.29. The maximum atomic E-state index is 12.3. The van der Waals surface area contributed by atoms with E-state index in [-0.39, 0.29) is 12.1 Å². The second-order valence-electron chi connectivity index (χ2n) is 8.05. The number of hydrogen-bond donors (Lipinski definition) is 1. The van der Waals surface area contributed by atoms with Gasteiger partial charge >= 0.3 is 6.09 Å². The highest BCUT2D eigenvalue weighted by Crippen LogP contribution is 2.23. The Labute approximate surface area is 173 Å². The van der Waals surface area contributed by atoms with Gasteiger partial charge in [0.2, 0.25) is 0 Å². The van der Waals surface area contributed by atoms with Crippen molar-refractivity contribution in [3.63, 3.8) is 0 Å². The third-order valence-electron chi connectivity index (χ3n) is 4.57. The number of likely N-dealkylation sites (tertiary alicyclic amines) is 1. The van der Waals surface area contributed by atoms with Crippen molar-refractivity contribution in [2.75, 3.05) is 18.4 Å². The van der Waals surface area contributed by atoms with Crippen LogP contribution in [0.2, 0.25) is 5.15 Å². The van der Waals surface area contributed by atoms with Crippen LogP contribution in [0.15, 0.2) is 36.8 Å². The molecule has 0 bridgehead atoms. The molecule has 0 aromatic carbocycles. The van der Waals surface area contributed by atoms with Crippen LogP contribution in [-0.4, -0.2) is 55.1 Å². The van der Waals surface area contributed by atoms with Crippen LogP contribution in [0.1, 0.15) is 27.2 Å². The van der Waals surface area contributed by atoms with Crippen LogP contribution in [0.5, 0.6) is 0 Å². The zero-order chi connectivity index (χ0) is 20.6. The van der Waals surface area contributed by atoms with Crippen molar-refractivity contribution in [1.29, 1.82) is 0 Å². The van der Waals surface area contributed by atoms with E-state index < -0.39 is 5.60 Å². The lowest BCUT2D eigenvalue weighted by molar-refractivity contribution is 0.0293. The predicted molar refractivity (Wildman–Crippen MR) is 111 cm³/mol. The highest BCUT2D eigenvalue weighted by molar-refractivity contribution is 6.29. The fourth-order valence-corrected chi connectivity index (χ4v) is 3.44. The number of aromatic nitrogens is 4. The van der Waals surface area contributed by atoms with Gasteiger partial charge in [0.05, 0.1) is 23.8 Å². The van der Waals surface area contributed by atoms with Crippen molar-refractivity contribution in [3.8, 4) is 11.4 Å². The van der Waals surface area contributed by atoms with E-state index in [0.717, 1.165) is 23.6 Å². The molecule has 0 aliphatic carbocycles. The molecule has 0 spiro atoms. The fraction of sp³-hybridized carbons (Fsp3) is 0.400. The number of fused-ring (bicyclic) bond motifs is 1. The van der Waals surface area contributed by atoms with E-state index in [1.807, 2.05) is 43.4 Å². The average Bonchev–Trinajstić information content (AvgIpc) is 3.27. The first kappa shape index (κ1) is 19.4. The van der Waals surface area contributed by atoms with Crippen molar-refractivity contribution < 1.29 is 9.53 Å². The Morgan fingerprint density at radius 3 is 2.90 bits per heavy atom. The number of carbonyl (C=O) groups excluding carboxylic acids is 1. The van der Waals surface area contributed by atoms with Gasteiger partial charge in [-0.15, -0.1) is 0 Å². The molecule has 1 aliphatic rings. The van der Waals surface area contributed by atoms with Crippen molar-refractivity contribution in [2.24, 2.45) is 0 Å². The second-order valence-corrected chi connectivity index (χ2v) is 8.43. The van der Waals surface area contributed by atoms with Crippen molar-refractivity contribution >= 4 is 29.2 Å². The van der Waals surface area contributed by atoms with E-state index in [1.54, 1.807) is 23.5 Å². The molecule has 1 saturated heterocycles. The number of imidazole rings is 1. The summed E-state index contributed by atoms with van der Waals surface area (Å²) in [4.78, 5) is 27.1. The Balaban J connectivity index is 1.47. The molecule has 4 rings (SSSR count). The molecule has 152 valence electrons. The van der Waals surface area contributed by atoms with Gasteiger partial charge < -0.3 is 15.0 Å². The van der Waals surface area contributed by atoms with Crippen molar-refractivity contribution in [3.05, 3.63) is 41.9 Å². The Kier molecular flexibility index (Phi) is 5.04. The minimum absolute atomic E-state index is 0.117. The third kappa shape index (κ3) is 4.42. The van der Waals surface area contributed by atoms with E-state index in [9.17, 15) is 4.79 Å². The molecule has 4 heterocycles. The van der Waals surface area contributed by atoms with Gasteiger partial charge in [-0.1, -0.05) is 17.7 Å². The molecule has 1 atom stereocenters. The van der Waals surface area contributed by atoms with Gasteiger partial charge in [0.25, 0.3) is 0 Å². The van der Waals surface area contributed by atoms with Gasteiger partial charge in [0.1, 0.15) is 16.6 Å². The quantitative estimate of drug-likeness (QED) is 0.700. The Bertz CT molecular complexity index is 1040. The van der Waals surface area contributed by atoms with Gasteiger partial charge in [0.15, 0.2) is 5.65 Å². The predicted octanol–water partition coefficient (Wildman–Crippen LogP) is 3.87. The lowest BCUT2D eigenvalue weighted by atomic mass is 10.2. The number of anilines is 1. The first-order chi connectivity index (χ1) is 13.8. The summed E-state index contributed by atoms with van der Waals surface area (Å²) in [6, 6.07) is 5.89. The fourth-order valence-electron chi connectivity index (χ4n) is 3.29. The Morgan fingerprint density at radius 2 is 2.10 bits per heavy atom. The van der Waals surface area contributed by atoms with Gasteiger partial charge in [-0.25, -0.2) is 19.7 Å². The summed E-state index contributed by atoms with van der Waals surface area (Å²) in [6.45, 7) is 6.85. The zero-order valence-corrected chi connectivity index (χ0v) is 17.3. The van der Waals surface area contributed by atoms with Gasteiger partial charge in [-0.05, 0) is 39.3 Å². The normalized spacial score (nSPS) is 17.0. The molecule has 1 unspecified atom stereocenters. The van der Waals surface area contributed by atoms with Gasteiger partial charge in [-0.2, -0.15) is 0 Å². The maximum absolute atomic E-state index is 12.3. The van der Waals surface area contributed by atoms with Gasteiger partial charge in [-0.3, -0.25) is 4.40 Å². The first-order valence-electron chi connectivity index (χ1n) is 9.49. The molecule has 0 radical (unpaired) electrons. The number of hydrogen-bond acceptors (Lipinski definition) is 6. The molecule has 3 aromatic rings. The number of nitrogens with one attached hydrogen (secondary N) is 1. The molecule has 1 amide bonds. The van der Waals surface area contributed by atoms with E-state index in [4.69, 9.17) is 21.3 Å². The van der Waals surface area contributed by atoms with Crippen molar-refractivity contribution in [2.45, 2.75) is 38.8 Å². The number of ether oxygens (including phenoxy) is 1. The summed E-state index contributed by atoms with van der Waals surface area (Å²) in [6.07, 6.45) is 5.65. The first-order valence-corrected chi connectivity index (χ1v) is 9.87. The molecule has 1 fully saturated rings. The Hall–Kier alpha value is -2.87. The monoisotopic (exact) mass is 414 g/mol. The number of halogens is 1. The number of amides is 1. The van der Waals surface area contributed by atoms with E-state index in [2.05, 4.69) is 15.3 Å². The molecular formula is C20H23ClN6O2. The number of rotatable bonds is 3. The SMILES string of the molecule is CC(C)(C)OC(=O)N1CCC(Nc2cccc(-c3cnc4cnc(Cl)cn34)n2)C1. The summed E-state index contributed by atoms with van der Waals surface area (Å²) in [7, 11) is 0. The number of carbonyl (C=O) groups is 1. The second kappa shape index (κ2) is 7.51. The average molecular weight is 415 g/mol. The molecule has 9 heteroatoms. The summed E-state index contributed by atoms with van der Waals surface area (Å²) in [5.74, 6) is 0.744. The molecule has 29 heavy (non-hydrogen) atoms. The number of pyridine rings is 1. The lowest BCUT2D eigenvalue weighted by Gasteiger charge is -2.24. The van der Waals surface area contributed by atoms with Crippen LogP contribution in [-0.2, 0) is 4.74 Å². The van der Waals surface area contributed by atoms with Crippen LogP contribution in [0.3, 0.4) is 0 Å². The highest BCUT2D eigenvalue weighted by atomic mass is 35.5. The van der Waals surface area contributed by atoms with Crippen LogP contribution >= 0.6 is 11.6 Å². The largest absolute Gasteiger partial charge is 0.444 e. The van der Waals surface area contributed by atoms with Gasteiger partial charge in [0, 0.05) is 25.3 Å². The van der Waals surface area contributed by atoms with E-state index in [0.29, 0.717) is 23.9 Å². The summed E-state index contributed by atoms with van der Waals surface area (Å²) in [5, 5.41) is 3.81. The van der Waals surface area contributed by atoms with E-state index in [1.165, 1.54) is 0 Å². The summed E-state index contributed by atoms with van der Waals surface area (Å²) < 4.78 is 7.32. The Morgan fingerprint density at radius 1 is 1.28 bits per heavy atom. The van der Waals surface area contributed by atoms with Crippen LogP contribution in [0.4, 0.5) is 10.6 Å².